The Hall–Kier alpha value is -0.870. The molecule has 1 aromatic rings. The highest BCUT2D eigenvalue weighted by molar-refractivity contribution is 7.91. The molecule has 0 aliphatic rings. The number of hydrogen-bond acceptors (Lipinski definition) is 3. The fraction of sp³-hybridized carbons (Fsp3) is 0.538. The summed E-state index contributed by atoms with van der Waals surface area (Å²) in [5, 5.41) is 9.87. The van der Waals surface area contributed by atoms with E-state index in [0.29, 0.717) is 0 Å². The molecule has 0 amide bonds. The molecule has 1 rings (SSSR count). The fourth-order valence-electron chi connectivity index (χ4n) is 1.36. The van der Waals surface area contributed by atoms with Gasteiger partial charge in [0, 0.05) is 0 Å². The molecular formula is C13H20O3S. The summed E-state index contributed by atoms with van der Waals surface area (Å²) in [7, 11) is -3.42. The SMILES string of the molecule is Cc1cccc(S(=O)(=O)CC(O)C(C)(C)C)c1. The smallest absolute Gasteiger partial charge is 0.180 e. The van der Waals surface area contributed by atoms with E-state index in [1.807, 2.05) is 33.8 Å². The third-order valence-corrected chi connectivity index (χ3v) is 4.45. The molecule has 0 aromatic heterocycles. The Labute approximate surface area is 103 Å². The van der Waals surface area contributed by atoms with Crippen molar-refractivity contribution in [3.05, 3.63) is 29.8 Å². The Kier molecular flexibility index (Phi) is 3.99. The molecule has 17 heavy (non-hydrogen) atoms. The molecule has 1 N–H and O–H groups in total. The molecule has 0 radical (unpaired) electrons. The van der Waals surface area contributed by atoms with Gasteiger partial charge in [-0.15, -0.1) is 0 Å². The van der Waals surface area contributed by atoms with Crippen LogP contribution >= 0.6 is 0 Å². The molecule has 0 heterocycles. The second-order valence-electron chi connectivity index (χ2n) is 5.48. The van der Waals surface area contributed by atoms with Crippen molar-refractivity contribution < 1.29 is 13.5 Å². The number of rotatable bonds is 3. The first-order valence-electron chi connectivity index (χ1n) is 5.60. The average Bonchev–Trinajstić information content (AvgIpc) is 2.15. The van der Waals surface area contributed by atoms with Crippen molar-refractivity contribution in [1.82, 2.24) is 0 Å². The minimum Gasteiger partial charge on any atom is -0.392 e. The summed E-state index contributed by atoms with van der Waals surface area (Å²) in [6.45, 7) is 7.31. The quantitative estimate of drug-likeness (QED) is 0.901. The Bertz CT molecular complexity index is 484. The van der Waals surface area contributed by atoms with Crippen LogP contribution in [0.1, 0.15) is 26.3 Å². The van der Waals surface area contributed by atoms with Gasteiger partial charge in [0.1, 0.15) is 0 Å². The van der Waals surface area contributed by atoms with Gasteiger partial charge in [-0.3, -0.25) is 0 Å². The van der Waals surface area contributed by atoms with E-state index in [1.165, 1.54) is 0 Å². The van der Waals surface area contributed by atoms with Crippen LogP contribution in [0.25, 0.3) is 0 Å². The number of benzene rings is 1. The van der Waals surface area contributed by atoms with Crippen molar-refractivity contribution in [2.75, 3.05) is 5.75 Å². The molecule has 0 bridgehead atoms. The van der Waals surface area contributed by atoms with Crippen LogP contribution < -0.4 is 0 Å². The summed E-state index contributed by atoms with van der Waals surface area (Å²) in [5.74, 6) is -0.236. The maximum atomic E-state index is 12.1. The number of sulfone groups is 1. The largest absolute Gasteiger partial charge is 0.392 e. The van der Waals surface area contributed by atoms with Gasteiger partial charge in [0.15, 0.2) is 9.84 Å². The van der Waals surface area contributed by atoms with E-state index in [1.54, 1.807) is 18.2 Å². The fourth-order valence-corrected chi connectivity index (χ4v) is 3.12. The van der Waals surface area contributed by atoms with E-state index >= 15 is 0 Å². The van der Waals surface area contributed by atoms with Crippen LogP contribution in [-0.4, -0.2) is 25.4 Å². The summed E-state index contributed by atoms with van der Waals surface area (Å²) in [5.41, 5.74) is 0.466. The third kappa shape index (κ3) is 3.82. The first-order chi connectivity index (χ1) is 7.63. The molecule has 0 aliphatic carbocycles. The lowest BCUT2D eigenvalue weighted by Gasteiger charge is -2.25. The number of aliphatic hydroxyl groups is 1. The molecule has 0 fully saturated rings. The minimum atomic E-state index is -3.42. The van der Waals surface area contributed by atoms with E-state index < -0.39 is 21.4 Å². The highest BCUT2D eigenvalue weighted by atomic mass is 32.2. The van der Waals surface area contributed by atoms with Crippen molar-refractivity contribution >= 4 is 9.84 Å². The van der Waals surface area contributed by atoms with Crippen LogP contribution in [0, 0.1) is 12.3 Å². The van der Waals surface area contributed by atoms with Gasteiger partial charge >= 0.3 is 0 Å². The molecule has 0 spiro atoms. The lowest BCUT2D eigenvalue weighted by molar-refractivity contribution is 0.0826. The maximum absolute atomic E-state index is 12.1. The summed E-state index contributed by atoms with van der Waals surface area (Å²) >= 11 is 0. The van der Waals surface area contributed by atoms with Crippen LogP contribution in [-0.2, 0) is 9.84 Å². The number of aryl methyl sites for hydroxylation is 1. The van der Waals surface area contributed by atoms with Crippen LogP contribution in [0.5, 0.6) is 0 Å². The Morgan fingerprint density at radius 2 is 1.88 bits per heavy atom. The van der Waals surface area contributed by atoms with E-state index in [9.17, 15) is 13.5 Å². The lowest BCUT2D eigenvalue weighted by Crippen LogP contribution is -2.33. The van der Waals surface area contributed by atoms with Gasteiger partial charge in [-0.2, -0.15) is 0 Å². The third-order valence-electron chi connectivity index (χ3n) is 2.73. The van der Waals surface area contributed by atoms with Gasteiger partial charge < -0.3 is 5.11 Å². The van der Waals surface area contributed by atoms with Crippen molar-refractivity contribution in [3.63, 3.8) is 0 Å². The van der Waals surface area contributed by atoms with Gasteiger partial charge in [-0.25, -0.2) is 8.42 Å². The summed E-state index contributed by atoms with van der Waals surface area (Å²) in [6.07, 6.45) is -0.868. The van der Waals surface area contributed by atoms with E-state index in [4.69, 9.17) is 0 Å². The maximum Gasteiger partial charge on any atom is 0.180 e. The van der Waals surface area contributed by atoms with E-state index in [0.717, 1.165) is 5.56 Å². The summed E-state index contributed by atoms with van der Waals surface area (Å²) in [6, 6.07) is 6.76. The van der Waals surface area contributed by atoms with Crippen molar-refractivity contribution in [2.24, 2.45) is 5.41 Å². The Morgan fingerprint density at radius 1 is 1.29 bits per heavy atom. The predicted octanol–water partition coefficient (Wildman–Crippen LogP) is 2.18. The molecule has 0 saturated carbocycles. The van der Waals surface area contributed by atoms with Crippen LogP contribution in [0.2, 0.25) is 0 Å². The zero-order chi connectivity index (χ0) is 13.3. The summed E-state index contributed by atoms with van der Waals surface area (Å²) < 4.78 is 24.2. The average molecular weight is 256 g/mol. The molecule has 1 aromatic carbocycles. The molecule has 0 saturated heterocycles. The molecule has 0 aliphatic heterocycles. The molecule has 1 atom stereocenters. The second kappa shape index (κ2) is 4.78. The van der Waals surface area contributed by atoms with Gasteiger partial charge in [-0.1, -0.05) is 32.9 Å². The highest BCUT2D eigenvalue weighted by Crippen LogP contribution is 2.23. The second-order valence-corrected chi connectivity index (χ2v) is 7.51. The van der Waals surface area contributed by atoms with E-state index in [2.05, 4.69) is 0 Å². The zero-order valence-electron chi connectivity index (χ0n) is 10.8. The first-order valence-corrected chi connectivity index (χ1v) is 7.25. The Balaban J connectivity index is 2.98. The predicted molar refractivity (Wildman–Crippen MR) is 68.7 cm³/mol. The van der Waals surface area contributed by atoms with Gasteiger partial charge in [0.05, 0.1) is 16.8 Å². The minimum absolute atomic E-state index is 0.236. The molecular weight excluding hydrogens is 236 g/mol. The Morgan fingerprint density at radius 3 is 2.35 bits per heavy atom. The van der Waals surface area contributed by atoms with Crippen molar-refractivity contribution in [1.29, 1.82) is 0 Å². The molecule has 4 heteroatoms. The molecule has 1 unspecified atom stereocenters. The van der Waals surface area contributed by atoms with Crippen molar-refractivity contribution in [2.45, 2.75) is 38.7 Å². The lowest BCUT2D eigenvalue weighted by atomic mass is 9.90. The first kappa shape index (κ1) is 14.2. The van der Waals surface area contributed by atoms with Gasteiger partial charge in [0.2, 0.25) is 0 Å². The molecule has 3 nitrogen and oxygen atoms in total. The topological polar surface area (TPSA) is 54.4 Å². The monoisotopic (exact) mass is 256 g/mol. The zero-order valence-corrected chi connectivity index (χ0v) is 11.6. The normalized spacial score (nSPS) is 14.6. The van der Waals surface area contributed by atoms with Crippen LogP contribution in [0.15, 0.2) is 29.2 Å². The standard InChI is InChI=1S/C13H20O3S/c1-10-6-5-7-11(8-10)17(15,16)9-12(14)13(2,3)4/h5-8,12,14H,9H2,1-4H3. The van der Waals surface area contributed by atoms with Gasteiger partial charge in [0.25, 0.3) is 0 Å². The van der Waals surface area contributed by atoms with Crippen LogP contribution in [0.3, 0.4) is 0 Å². The van der Waals surface area contributed by atoms with E-state index in [-0.39, 0.29) is 10.6 Å². The molecule has 96 valence electrons. The highest BCUT2D eigenvalue weighted by Gasteiger charge is 2.28. The number of hydrogen-bond donors (Lipinski definition) is 1. The summed E-state index contributed by atoms with van der Waals surface area (Å²) in [4.78, 5) is 0.279. The number of aliphatic hydroxyl groups excluding tert-OH is 1. The van der Waals surface area contributed by atoms with Gasteiger partial charge in [-0.05, 0) is 30.0 Å². The van der Waals surface area contributed by atoms with Crippen molar-refractivity contribution in [3.8, 4) is 0 Å². The van der Waals surface area contributed by atoms with Crippen LogP contribution in [0.4, 0.5) is 0 Å².